The lowest BCUT2D eigenvalue weighted by Crippen LogP contribution is -2.45. The number of aliphatic carboxylic acids is 1. The van der Waals surface area contributed by atoms with Crippen molar-refractivity contribution in [3.63, 3.8) is 0 Å². The number of nitrogens with one attached hydrogen (secondary N) is 2. The predicted molar refractivity (Wildman–Crippen MR) is 66.5 cm³/mol. The molecule has 6 nitrogen and oxygen atoms in total. The molecular formula is C12H22N2O4. The van der Waals surface area contributed by atoms with Crippen molar-refractivity contribution in [1.82, 2.24) is 10.6 Å². The average molecular weight is 258 g/mol. The summed E-state index contributed by atoms with van der Waals surface area (Å²) in [6.45, 7) is 3.08. The van der Waals surface area contributed by atoms with E-state index < -0.39 is 5.97 Å². The highest BCUT2D eigenvalue weighted by Crippen LogP contribution is 2.11. The third kappa shape index (κ3) is 5.86. The number of carboxylic acids is 1. The molecule has 0 radical (unpaired) electrons. The van der Waals surface area contributed by atoms with Crippen molar-refractivity contribution in [3.05, 3.63) is 0 Å². The van der Waals surface area contributed by atoms with Crippen LogP contribution in [0.5, 0.6) is 0 Å². The van der Waals surface area contributed by atoms with Crippen LogP contribution in [0, 0.1) is 0 Å². The maximum atomic E-state index is 11.6. The van der Waals surface area contributed by atoms with Gasteiger partial charge in [-0.15, -0.1) is 0 Å². The Morgan fingerprint density at radius 1 is 1.44 bits per heavy atom. The summed E-state index contributed by atoms with van der Waals surface area (Å²) in [6.07, 6.45) is 3.81. The summed E-state index contributed by atoms with van der Waals surface area (Å²) in [5, 5.41) is 14.0. The first kappa shape index (κ1) is 14.8. The molecule has 3 N–H and O–H groups in total. The van der Waals surface area contributed by atoms with Crippen LogP contribution in [0.3, 0.4) is 0 Å². The van der Waals surface area contributed by atoms with Gasteiger partial charge in [0.1, 0.15) is 0 Å². The SMILES string of the molecule is CCC(CC(=O)O)NC(=O)NCC1CCCCO1. The Hall–Kier alpha value is -1.30. The summed E-state index contributed by atoms with van der Waals surface area (Å²) in [5.74, 6) is -0.905. The van der Waals surface area contributed by atoms with Gasteiger partial charge in [0.2, 0.25) is 0 Å². The van der Waals surface area contributed by atoms with Crippen LogP contribution in [0.25, 0.3) is 0 Å². The Kier molecular flexibility index (Phi) is 6.49. The van der Waals surface area contributed by atoms with Crippen molar-refractivity contribution in [1.29, 1.82) is 0 Å². The van der Waals surface area contributed by atoms with Gasteiger partial charge in [0.25, 0.3) is 0 Å². The van der Waals surface area contributed by atoms with Crippen LogP contribution in [0.2, 0.25) is 0 Å². The second kappa shape index (κ2) is 7.92. The Balaban J connectivity index is 2.20. The summed E-state index contributed by atoms with van der Waals surface area (Å²) in [4.78, 5) is 22.1. The molecule has 0 aliphatic carbocycles. The highest BCUT2D eigenvalue weighted by Gasteiger charge is 2.17. The third-order valence-electron chi connectivity index (χ3n) is 3.01. The lowest BCUT2D eigenvalue weighted by atomic mass is 10.1. The van der Waals surface area contributed by atoms with Crippen molar-refractivity contribution in [2.24, 2.45) is 0 Å². The molecule has 2 atom stereocenters. The van der Waals surface area contributed by atoms with E-state index in [1.165, 1.54) is 0 Å². The van der Waals surface area contributed by atoms with E-state index in [-0.39, 0.29) is 24.6 Å². The zero-order valence-electron chi connectivity index (χ0n) is 10.8. The summed E-state index contributed by atoms with van der Waals surface area (Å²) in [6, 6.07) is -0.646. The molecule has 0 aromatic rings. The van der Waals surface area contributed by atoms with Gasteiger partial charge in [-0.3, -0.25) is 4.79 Å². The lowest BCUT2D eigenvalue weighted by molar-refractivity contribution is -0.137. The fourth-order valence-electron chi connectivity index (χ4n) is 1.92. The molecule has 0 aromatic heterocycles. The number of urea groups is 1. The first-order valence-corrected chi connectivity index (χ1v) is 6.49. The van der Waals surface area contributed by atoms with E-state index in [4.69, 9.17) is 9.84 Å². The van der Waals surface area contributed by atoms with Gasteiger partial charge in [0, 0.05) is 19.2 Å². The van der Waals surface area contributed by atoms with Crippen LogP contribution >= 0.6 is 0 Å². The van der Waals surface area contributed by atoms with Crippen molar-refractivity contribution in [3.8, 4) is 0 Å². The molecule has 0 bridgehead atoms. The van der Waals surface area contributed by atoms with Crippen LogP contribution in [-0.2, 0) is 9.53 Å². The molecule has 0 saturated carbocycles. The lowest BCUT2D eigenvalue weighted by Gasteiger charge is -2.23. The zero-order valence-corrected chi connectivity index (χ0v) is 10.8. The number of rotatable bonds is 6. The van der Waals surface area contributed by atoms with Gasteiger partial charge < -0.3 is 20.5 Å². The van der Waals surface area contributed by atoms with Crippen LogP contribution in [-0.4, -0.2) is 42.4 Å². The first-order valence-electron chi connectivity index (χ1n) is 6.49. The summed E-state index contributed by atoms with van der Waals surface area (Å²) in [7, 11) is 0. The molecule has 1 saturated heterocycles. The van der Waals surface area contributed by atoms with E-state index >= 15 is 0 Å². The molecule has 2 unspecified atom stereocenters. The summed E-state index contributed by atoms with van der Waals surface area (Å²) in [5.41, 5.74) is 0. The molecule has 1 aliphatic heterocycles. The molecule has 2 amide bonds. The van der Waals surface area contributed by atoms with Crippen molar-refractivity contribution >= 4 is 12.0 Å². The Labute approximate surface area is 107 Å². The van der Waals surface area contributed by atoms with Gasteiger partial charge in [-0.25, -0.2) is 4.79 Å². The Morgan fingerprint density at radius 2 is 2.22 bits per heavy atom. The monoisotopic (exact) mass is 258 g/mol. The smallest absolute Gasteiger partial charge is 0.315 e. The minimum Gasteiger partial charge on any atom is -0.481 e. The number of carbonyl (C=O) groups excluding carboxylic acids is 1. The quantitative estimate of drug-likeness (QED) is 0.666. The normalized spacial score (nSPS) is 21.1. The van der Waals surface area contributed by atoms with Crippen LogP contribution < -0.4 is 10.6 Å². The number of amides is 2. The van der Waals surface area contributed by atoms with Gasteiger partial charge in [-0.2, -0.15) is 0 Å². The second-order valence-corrected chi connectivity index (χ2v) is 4.55. The molecule has 104 valence electrons. The second-order valence-electron chi connectivity index (χ2n) is 4.55. The first-order chi connectivity index (χ1) is 8.61. The van der Waals surface area contributed by atoms with E-state index in [1.54, 1.807) is 0 Å². The van der Waals surface area contributed by atoms with E-state index in [0.717, 1.165) is 25.9 Å². The topological polar surface area (TPSA) is 87.7 Å². The molecule has 0 spiro atoms. The van der Waals surface area contributed by atoms with Crippen molar-refractivity contribution in [2.45, 2.75) is 51.2 Å². The largest absolute Gasteiger partial charge is 0.481 e. The average Bonchev–Trinajstić information content (AvgIpc) is 2.36. The standard InChI is InChI=1S/C12H22N2O4/c1-2-9(7-11(15)16)14-12(17)13-8-10-5-3-4-6-18-10/h9-10H,2-8H2,1H3,(H,15,16)(H2,13,14,17). The highest BCUT2D eigenvalue weighted by atomic mass is 16.5. The number of hydrogen-bond acceptors (Lipinski definition) is 3. The molecule has 6 heteroatoms. The minimum atomic E-state index is -0.905. The van der Waals surface area contributed by atoms with E-state index in [0.29, 0.717) is 13.0 Å². The maximum Gasteiger partial charge on any atom is 0.315 e. The van der Waals surface area contributed by atoms with Crippen LogP contribution in [0.4, 0.5) is 4.79 Å². The van der Waals surface area contributed by atoms with Gasteiger partial charge in [-0.05, 0) is 25.7 Å². The van der Waals surface area contributed by atoms with Crippen molar-refractivity contribution < 1.29 is 19.4 Å². The van der Waals surface area contributed by atoms with Crippen molar-refractivity contribution in [2.75, 3.05) is 13.2 Å². The Bertz CT molecular complexity index is 277. The van der Waals surface area contributed by atoms with Crippen LogP contribution in [0.1, 0.15) is 39.0 Å². The van der Waals surface area contributed by atoms with Gasteiger partial charge in [0.15, 0.2) is 0 Å². The van der Waals surface area contributed by atoms with E-state index in [1.807, 2.05) is 6.92 Å². The zero-order chi connectivity index (χ0) is 13.4. The Morgan fingerprint density at radius 3 is 2.78 bits per heavy atom. The third-order valence-corrected chi connectivity index (χ3v) is 3.01. The predicted octanol–water partition coefficient (Wildman–Crippen LogP) is 1.11. The molecule has 1 aliphatic rings. The fraction of sp³-hybridized carbons (Fsp3) is 0.833. The van der Waals surface area contributed by atoms with Gasteiger partial charge in [-0.1, -0.05) is 6.92 Å². The minimum absolute atomic E-state index is 0.0517. The van der Waals surface area contributed by atoms with Gasteiger partial charge in [0.05, 0.1) is 12.5 Å². The molecule has 0 aromatic carbocycles. The summed E-state index contributed by atoms with van der Waals surface area (Å²) >= 11 is 0. The van der Waals surface area contributed by atoms with Crippen LogP contribution in [0.15, 0.2) is 0 Å². The molecule has 18 heavy (non-hydrogen) atoms. The highest BCUT2D eigenvalue weighted by molar-refractivity contribution is 5.75. The number of carboxylic acid groups (broad SMARTS) is 1. The summed E-state index contributed by atoms with van der Waals surface area (Å²) < 4.78 is 5.49. The molecule has 1 fully saturated rings. The van der Waals surface area contributed by atoms with E-state index in [2.05, 4.69) is 10.6 Å². The molecule has 1 heterocycles. The number of ether oxygens (including phenoxy) is 1. The number of carbonyl (C=O) groups is 2. The molecular weight excluding hydrogens is 236 g/mol. The number of hydrogen-bond donors (Lipinski definition) is 3. The van der Waals surface area contributed by atoms with E-state index in [9.17, 15) is 9.59 Å². The van der Waals surface area contributed by atoms with Gasteiger partial charge >= 0.3 is 12.0 Å². The molecule has 1 rings (SSSR count). The fourth-order valence-corrected chi connectivity index (χ4v) is 1.92. The maximum absolute atomic E-state index is 11.6.